The molecule has 2 saturated heterocycles. The van der Waals surface area contributed by atoms with Gasteiger partial charge < -0.3 is 14.6 Å². The number of aromatic nitrogens is 2. The average molecular weight is 252 g/mol. The minimum absolute atomic E-state index is 0.00745. The summed E-state index contributed by atoms with van der Waals surface area (Å²) in [6, 6.07) is 0.386. The largest absolute Gasteiger partial charge is 0.392 e. The van der Waals surface area contributed by atoms with Crippen molar-refractivity contribution in [2.75, 3.05) is 19.8 Å². The molecule has 1 N–H and O–H groups in total. The van der Waals surface area contributed by atoms with Gasteiger partial charge in [-0.25, -0.2) is 0 Å². The maximum atomic E-state index is 9.10. The van der Waals surface area contributed by atoms with Crippen LogP contribution in [-0.4, -0.2) is 40.3 Å². The Morgan fingerprint density at radius 2 is 2.22 bits per heavy atom. The normalized spacial score (nSPS) is 27.5. The number of rotatable bonds is 2. The summed E-state index contributed by atoms with van der Waals surface area (Å²) in [4.78, 5) is 0. The Labute approximate surface area is 107 Å². The lowest BCUT2D eigenvalue weighted by Gasteiger charge is -2.43. The van der Waals surface area contributed by atoms with Gasteiger partial charge in [0, 0.05) is 31.6 Å². The monoisotopic (exact) mass is 252 g/mol. The van der Waals surface area contributed by atoms with Gasteiger partial charge >= 0.3 is 0 Å². The second kappa shape index (κ2) is 4.99. The Morgan fingerprint density at radius 3 is 2.94 bits per heavy atom. The molecule has 18 heavy (non-hydrogen) atoms. The third kappa shape index (κ3) is 2.30. The molecule has 1 spiro atoms. The molecule has 2 fully saturated rings. The van der Waals surface area contributed by atoms with Gasteiger partial charge in [-0.2, -0.15) is 5.10 Å². The van der Waals surface area contributed by atoms with E-state index in [9.17, 15) is 0 Å². The molecule has 5 nitrogen and oxygen atoms in total. The standard InChI is InChI=1S/C13H20N2O3/c16-10-11-8-14-15(9-11)12-1-4-18-13(7-12)2-5-17-6-3-13/h8-9,12,16H,1-7,10H2. The van der Waals surface area contributed by atoms with Crippen molar-refractivity contribution in [3.8, 4) is 0 Å². The van der Waals surface area contributed by atoms with E-state index in [4.69, 9.17) is 14.6 Å². The molecule has 0 saturated carbocycles. The van der Waals surface area contributed by atoms with Gasteiger partial charge in [0.2, 0.25) is 0 Å². The molecule has 0 aromatic carbocycles. The van der Waals surface area contributed by atoms with E-state index in [1.54, 1.807) is 6.20 Å². The van der Waals surface area contributed by atoms with Crippen LogP contribution in [0.1, 0.15) is 37.3 Å². The molecule has 0 amide bonds. The van der Waals surface area contributed by atoms with Crippen molar-refractivity contribution in [3.63, 3.8) is 0 Å². The zero-order chi connectivity index (χ0) is 12.4. The smallest absolute Gasteiger partial charge is 0.0746 e. The molecular weight excluding hydrogens is 232 g/mol. The fraction of sp³-hybridized carbons (Fsp3) is 0.769. The molecule has 3 heterocycles. The minimum atomic E-state index is -0.00745. The first-order valence-corrected chi connectivity index (χ1v) is 6.67. The summed E-state index contributed by atoms with van der Waals surface area (Å²) < 4.78 is 13.4. The molecule has 1 unspecified atom stereocenters. The van der Waals surface area contributed by atoms with Crippen LogP contribution < -0.4 is 0 Å². The minimum Gasteiger partial charge on any atom is -0.392 e. The summed E-state index contributed by atoms with van der Waals surface area (Å²) in [6.45, 7) is 2.45. The Morgan fingerprint density at radius 1 is 1.39 bits per heavy atom. The Balaban J connectivity index is 1.73. The molecule has 0 aliphatic carbocycles. The Bertz CT molecular complexity index is 393. The maximum Gasteiger partial charge on any atom is 0.0746 e. The number of hydrogen-bond acceptors (Lipinski definition) is 4. The molecular formula is C13H20N2O3. The van der Waals surface area contributed by atoms with E-state index in [2.05, 4.69) is 5.10 Å². The van der Waals surface area contributed by atoms with Crippen LogP contribution >= 0.6 is 0 Å². The summed E-state index contributed by atoms with van der Waals surface area (Å²) in [5.74, 6) is 0. The summed E-state index contributed by atoms with van der Waals surface area (Å²) in [5.41, 5.74) is 0.870. The third-order valence-corrected chi connectivity index (χ3v) is 4.08. The first-order chi connectivity index (χ1) is 8.81. The first kappa shape index (κ1) is 12.1. The molecule has 2 aliphatic rings. The van der Waals surface area contributed by atoms with Crippen molar-refractivity contribution < 1.29 is 14.6 Å². The molecule has 1 aromatic heterocycles. The number of aliphatic hydroxyl groups excluding tert-OH is 1. The van der Waals surface area contributed by atoms with Gasteiger partial charge in [0.1, 0.15) is 0 Å². The zero-order valence-electron chi connectivity index (χ0n) is 10.5. The van der Waals surface area contributed by atoms with Crippen molar-refractivity contribution >= 4 is 0 Å². The molecule has 2 aliphatic heterocycles. The third-order valence-electron chi connectivity index (χ3n) is 4.08. The number of ether oxygens (including phenoxy) is 2. The molecule has 0 radical (unpaired) electrons. The van der Waals surface area contributed by atoms with E-state index < -0.39 is 0 Å². The van der Waals surface area contributed by atoms with Crippen LogP contribution in [0, 0.1) is 0 Å². The van der Waals surface area contributed by atoms with Gasteiger partial charge in [-0.05, 0) is 25.7 Å². The second-order valence-electron chi connectivity index (χ2n) is 5.28. The highest BCUT2D eigenvalue weighted by Gasteiger charge is 2.39. The molecule has 1 atom stereocenters. The van der Waals surface area contributed by atoms with Crippen molar-refractivity contribution in [3.05, 3.63) is 18.0 Å². The molecule has 100 valence electrons. The van der Waals surface area contributed by atoms with E-state index in [0.717, 1.165) is 51.1 Å². The average Bonchev–Trinajstić information content (AvgIpc) is 2.88. The number of aliphatic hydroxyl groups is 1. The van der Waals surface area contributed by atoms with Crippen LogP contribution in [0.15, 0.2) is 12.4 Å². The van der Waals surface area contributed by atoms with Gasteiger partial charge in [-0.15, -0.1) is 0 Å². The quantitative estimate of drug-likeness (QED) is 0.861. The van der Waals surface area contributed by atoms with E-state index in [1.165, 1.54) is 0 Å². The number of hydrogen-bond donors (Lipinski definition) is 1. The fourth-order valence-corrected chi connectivity index (χ4v) is 2.98. The summed E-state index contributed by atoms with van der Waals surface area (Å²) >= 11 is 0. The van der Waals surface area contributed by atoms with Crippen molar-refractivity contribution in [1.29, 1.82) is 0 Å². The van der Waals surface area contributed by atoms with Crippen LogP contribution in [-0.2, 0) is 16.1 Å². The van der Waals surface area contributed by atoms with Crippen LogP contribution in [0.5, 0.6) is 0 Å². The highest BCUT2D eigenvalue weighted by molar-refractivity contribution is 5.03. The summed E-state index contributed by atoms with van der Waals surface area (Å²) in [7, 11) is 0. The van der Waals surface area contributed by atoms with E-state index in [1.807, 2.05) is 10.9 Å². The van der Waals surface area contributed by atoms with Gasteiger partial charge in [-0.1, -0.05) is 0 Å². The van der Waals surface area contributed by atoms with Crippen molar-refractivity contribution in [2.45, 2.75) is 43.9 Å². The Kier molecular flexibility index (Phi) is 3.37. The van der Waals surface area contributed by atoms with Gasteiger partial charge in [0.25, 0.3) is 0 Å². The van der Waals surface area contributed by atoms with Gasteiger partial charge in [0.05, 0.1) is 24.4 Å². The Hall–Kier alpha value is -0.910. The summed E-state index contributed by atoms with van der Waals surface area (Å²) in [6.07, 6.45) is 7.66. The lowest BCUT2D eigenvalue weighted by atomic mass is 9.84. The summed E-state index contributed by atoms with van der Waals surface area (Å²) in [5, 5.41) is 13.5. The van der Waals surface area contributed by atoms with Crippen LogP contribution in [0.4, 0.5) is 0 Å². The van der Waals surface area contributed by atoms with E-state index >= 15 is 0 Å². The number of nitrogens with zero attached hydrogens (tertiary/aromatic N) is 2. The highest BCUT2D eigenvalue weighted by Crippen LogP contribution is 2.38. The van der Waals surface area contributed by atoms with Crippen molar-refractivity contribution in [1.82, 2.24) is 9.78 Å². The topological polar surface area (TPSA) is 56.5 Å². The zero-order valence-corrected chi connectivity index (χ0v) is 10.5. The van der Waals surface area contributed by atoms with Crippen LogP contribution in [0.25, 0.3) is 0 Å². The maximum absolute atomic E-state index is 9.10. The lowest BCUT2D eigenvalue weighted by molar-refractivity contribution is -0.145. The van der Waals surface area contributed by atoms with Crippen molar-refractivity contribution in [2.24, 2.45) is 0 Å². The van der Waals surface area contributed by atoms with Gasteiger partial charge in [0.15, 0.2) is 0 Å². The lowest BCUT2D eigenvalue weighted by Crippen LogP contribution is -2.44. The van der Waals surface area contributed by atoms with Gasteiger partial charge in [-0.3, -0.25) is 4.68 Å². The van der Waals surface area contributed by atoms with E-state index in [-0.39, 0.29) is 12.2 Å². The molecule has 5 heteroatoms. The van der Waals surface area contributed by atoms with Crippen LogP contribution in [0.3, 0.4) is 0 Å². The fourth-order valence-electron chi connectivity index (χ4n) is 2.98. The predicted molar refractivity (Wildman–Crippen MR) is 65.2 cm³/mol. The molecule has 3 rings (SSSR count). The SMILES string of the molecule is OCc1cnn(C2CCOC3(CCOCC3)C2)c1. The molecule has 0 bridgehead atoms. The second-order valence-corrected chi connectivity index (χ2v) is 5.28. The highest BCUT2D eigenvalue weighted by atomic mass is 16.5. The predicted octanol–water partition coefficient (Wildman–Crippen LogP) is 1.28. The molecule has 1 aromatic rings. The first-order valence-electron chi connectivity index (χ1n) is 6.67. The van der Waals surface area contributed by atoms with Crippen LogP contribution in [0.2, 0.25) is 0 Å². The van der Waals surface area contributed by atoms with E-state index in [0.29, 0.717) is 6.04 Å².